The lowest BCUT2D eigenvalue weighted by Gasteiger charge is -2.15. The predicted molar refractivity (Wildman–Crippen MR) is 90.8 cm³/mol. The Morgan fingerprint density at radius 1 is 0.889 bits per heavy atom. The Kier molecular flexibility index (Phi) is 6.89. The summed E-state index contributed by atoms with van der Waals surface area (Å²) in [5.74, 6) is -6.41. The average Bonchev–Trinajstić information content (AvgIpc) is 2.65. The van der Waals surface area contributed by atoms with Crippen molar-refractivity contribution in [2.45, 2.75) is 13.0 Å². The lowest BCUT2D eigenvalue weighted by atomic mass is 10.1. The van der Waals surface area contributed by atoms with Crippen molar-refractivity contribution in [3.63, 3.8) is 0 Å². The fraction of sp³-hybridized carbons (Fsp3) is 0.222. The van der Waals surface area contributed by atoms with E-state index in [4.69, 9.17) is 0 Å². The number of hydrogen-bond donors (Lipinski definition) is 3. The summed E-state index contributed by atoms with van der Waals surface area (Å²) in [6, 6.07) is 7.18. The van der Waals surface area contributed by atoms with Crippen LogP contribution in [0.15, 0.2) is 36.4 Å². The molecule has 0 saturated carbocycles. The molecule has 9 heteroatoms. The van der Waals surface area contributed by atoms with E-state index >= 15 is 0 Å². The zero-order valence-electron chi connectivity index (χ0n) is 14.3. The fourth-order valence-electron chi connectivity index (χ4n) is 2.24. The van der Waals surface area contributed by atoms with E-state index in [9.17, 15) is 27.2 Å². The van der Waals surface area contributed by atoms with Crippen LogP contribution in [0, 0.1) is 23.3 Å². The molecule has 3 N–H and O–H groups in total. The van der Waals surface area contributed by atoms with Crippen LogP contribution in [-0.4, -0.2) is 24.9 Å². The minimum atomic E-state index is -1.71. The normalized spacial score (nSPS) is 11.7. The van der Waals surface area contributed by atoms with Crippen LogP contribution >= 0.6 is 0 Å². The van der Waals surface area contributed by atoms with E-state index in [0.717, 1.165) is 6.07 Å². The summed E-state index contributed by atoms with van der Waals surface area (Å²) in [6.45, 7) is 0.972. The second kappa shape index (κ2) is 9.13. The minimum Gasteiger partial charge on any atom is -0.346 e. The molecule has 0 bridgehead atoms. The summed E-state index contributed by atoms with van der Waals surface area (Å²) in [6.07, 6.45) is 0. The van der Waals surface area contributed by atoms with Gasteiger partial charge < -0.3 is 16.0 Å². The Morgan fingerprint density at radius 3 is 2.30 bits per heavy atom. The van der Waals surface area contributed by atoms with E-state index in [2.05, 4.69) is 10.6 Å². The van der Waals surface area contributed by atoms with E-state index in [0.29, 0.717) is 11.6 Å². The van der Waals surface area contributed by atoms with Gasteiger partial charge in [0.25, 0.3) is 0 Å². The van der Waals surface area contributed by atoms with Crippen LogP contribution in [0.25, 0.3) is 0 Å². The van der Waals surface area contributed by atoms with Crippen molar-refractivity contribution < 1.29 is 27.2 Å². The molecule has 0 aliphatic carbocycles. The molecule has 0 aromatic heterocycles. The molecule has 5 nitrogen and oxygen atoms in total. The molecule has 2 aromatic carbocycles. The number of carbonyl (C=O) groups excluding carboxylic acids is 2. The third-order valence-electron chi connectivity index (χ3n) is 3.70. The second-order valence-corrected chi connectivity index (χ2v) is 5.67. The minimum absolute atomic E-state index is 0.192. The highest BCUT2D eigenvalue weighted by molar-refractivity contribution is 5.94. The van der Waals surface area contributed by atoms with Gasteiger partial charge in [0.1, 0.15) is 5.82 Å². The lowest BCUT2D eigenvalue weighted by molar-refractivity contribution is -0.123. The third kappa shape index (κ3) is 5.52. The highest BCUT2D eigenvalue weighted by Crippen LogP contribution is 2.19. The maximum atomic E-state index is 13.6. The quantitative estimate of drug-likeness (QED) is 0.509. The molecule has 0 aliphatic heterocycles. The molecule has 1 unspecified atom stereocenters. The van der Waals surface area contributed by atoms with Gasteiger partial charge in [0.15, 0.2) is 17.5 Å². The van der Waals surface area contributed by atoms with Crippen molar-refractivity contribution in [1.29, 1.82) is 0 Å². The number of amides is 2. The zero-order valence-corrected chi connectivity index (χ0v) is 14.3. The Morgan fingerprint density at radius 2 is 1.59 bits per heavy atom. The fourth-order valence-corrected chi connectivity index (χ4v) is 2.24. The summed E-state index contributed by atoms with van der Waals surface area (Å²) >= 11 is 0. The smallest absolute Gasteiger partial charge is 0.243 e. The summed E-state index contributed by atoms with van der Waals surface area (Å²) in [4.78, 5) is 23.4. The molecule has 0 radical (unpaired) electrons. The van der Waals surface area contributed by atoms with Gasteiger partial charge in [-0.1, -0.05) is 18.2 Å². The van der Waals surface area contributed by atoms with Crippen molar-refractivity contribution in [3.8, 4) is 0 Å². The molecule has 2 amide bonds. The largest absolute Gasteiger partial charge is 0.346 e. The third-order valence-corrected chi connectivity index (χ3v) is 3.70. The highest BCUT2D eigenvalue weighted by atomic mass is 19.2. The molecule has 0 aliphatic rings. The predicted octanol–water partition coefficient (Wildman–Crippen LogP) is 2.65. The van der Waals surface area contributed by atoms with Crippen molar-refractivity contribution in [2.24, 2.45) is 0 Å². The molecule has 2 aromatic rings. The number of halogens is 4. The molecule has 2 rings (SSSR count). The molecule has 0 saturated heterocycles. The summed E-state index contributed by atoms with van der Waals surface area (Å²) in [7, 11) is 0. The van der Waals surface area contributed by atoms with Crippen molar-refractivity contribution in [3.05, 3.63) is 65.2 Å². The number of carbonyl (C=O) groups is 2. The highest BCUT2D eigenvalue weighted by Gasteiger charge is 2.16. The van der Waals surface area contributed by atoms with Gasteiger partial charge in [-0.05, 0) is 25.1 Å². The van der Waals surface area contributed by atoms with Crippen LogP contribution < -0.4 is 16.0 Å². The molecule has 144 valence electrons. The van der Waals surface area contributed by atoms with Crippen LogP contribution in [0.2, 0.25) is 0 Å². The molecular weight excluding hydrogens is 366 g/mol. The van der Waals surface area contributed by atoms with Crippen molar-refractivity contribution in [2.75, 3.05) is 18.4 Å². The second-order valence-electron chi connectivity index (χ2n) is 5.67. The maximum Gasteiger partial charge on any atom is 0.243 e. The first-order chi connectivity index (χ1) is 12.8. The lowest BCUT2D eigenvalue weighted by Crippen LogP contribution is -2.39. The Hall–Kier alpha value is -2.94. The van der Waals surface area contributed by atoms with E-state index in [1.807, 2.05) is 5.32 Å². The first-order valence-electron chi connectivity index (χ1n) is 7.97. The van der Waals surface area contributed by atoms with Gasteiger partial charge in [-0.25, -0.2) is 17.6 Å². The van der Waals surface area contributed by atoms with Crippen LogP contribution in [-0.2, 0) is 9.59 Å². The van der Waals surface area contributed by atoms with Gasteiger partial charge in [0, 0.05) is 11.6 Å². The average molecular weight is 383 g/mol. The first-order valence-corrected chi connectivity index (χ1v) is 7.97. The Balaban J connectivity index is 1.79. The maximum absolute atomic E-state index is 13.6. The summed E-state index contributed by atoms with van der Waals surface area (Å²) in [5, 5.41) is 7.10. The van der Waals surface area contributed by atoms with Crippen LogP contribution in [0.3, 0.4) is 0 Å². The van der Waals surface area contributed by atoms with Gasteiger partial charge in [0.05, 0.1) is 18.8 Å². The molecule has 0 spiro atoms. The van der Waals surface area contributed by atoms with Crippen molar-refractivity contribution in [1.82, 2.24) is 10.6 Å². The number of hydrogen-bond acceptors (Lipinski definition) is 3. The van der Waals surface area contributed by atoms with E-state index in [1.165, 1.54) is 6.07 Å². The topological polar surface area (TPSA) is 70.2 Å². The Bertz CT molecular complexity index is 845. The van der Waals surface area contributed by atoms with Crippen LogP contribution in [0.4, 0.5) is 23.2 Å². The van der Waals surface area contributed by atoms with Gasteiger partial charge >= 0.3 is 0 Å². The molecule has 27 heavy (non-hydrogen) atoms. The first kappa shape index (κ1) is 20.4. The van der Waals surface area contributed by atoms with Crippen LogP contribution in [0.5, 0.6) is 0 Å². The van der Waals surface area contributed by atoms with Gasteiger partial charge in [-0.3, -0.25) is 9.59 Å². The van der Waals surface area contributed by atoms with Gasteiger partial charge in [0.2, 0.25) is 11.8 Å². The number of anilines is 1. The Labute approximate surface area is 152 Å². The standard InChI is InChI=1S/C18H17F4N3O2/c1-10(11-4-2-3-5-12(11)19)23-8-15(26)24-9-16(27)25-14-7-6-13(20)17(21)18(14)22/h2-7,10,23H,8-9H2,1H3,(H,24,26)(H,25,27). The van der Waals surface area contributed by atoms with E-state index in [1.54, 1.807) is 25.1 Å². The number of benzene rings is 2. The monoisotopic (exact) mass is 383 g/mol. The van der Waals surface area contributed by atoms with E-state index in [-0.39, 0.29) is 6.54 Å². The van der Waals surface area contributed by atoms with Gasteiger partial charge in [-0.2, -0.15) is 0 Å². The SMILES string of the molecule is CC(NCC(=O)NCC(=O)Nc1ccc(F)c(F)c1F)c1ccccc1F. The van der Waals surface area contributed by atoms with Crippen molar-refractivity contribution >= 4 is 17.5 Å². The molecule has 0 heterocycles. The zero-order chi connectivity index (χ0) is 20.0. The number of nitrogens with one attached hydrogen (secondary N) is 3. The molecule has 0 fully saturated rings. The van der Waals surface area contributed by atoms with Crippen LogP contribution in [0.1, 0.15) is 18.5 Å². The summed E-state index contributed by atoms with van der Waals surface area (Å²) < 4.78 is 53.0. The number of rotatable bonds is 7. The summed E-state index contributed by atoms with van der Waals surface area (Å²) in [5.41, 5.74) is -0.156. The molecule has 1 atom stereocenters. The molecular formula is C18H17F4N3O2. The van der Waals surface area contributed by atoms with Gasteiger partial charge in [-0.15, -0.1) is 0 Å². The van der Waals surface area contributed by atoms with E-state index < -0.39 is 53.4 Å².